The van der Waals surface area contributed by atoms with Gasteiger partial charge in [-0.2, -0.15) is 0 Å². The van der Waals surface area contributed by atoms with Gasteiger partial charge < -0.3 is 39.7 Å². The standard InChI is InChI=1S/C27H35N7O12P2/c1-2-28-27(37)33-22-19-23(31-13-30-22)34(14-32-19)24-21-20(44-26(45-21)16-6-4-3-5-7-16)18(43-24)11-42-48(40,41)46-47(38,39)12-15-8-9-29-17(10-15)25(35)36/h3-7,13-15,17-18,20-21,24,26,29H,2,8-12H2,1H3,(H,35,36)(H,38,39)(H,40,41)(H2,28,30,31,33,37)/t15?,17?,18-,20?,21+,24-,26-/m1/s1. The number of carbonyl (C=O) groups is 2. The molecule has 5 unspecified atom stereocenters. The lowest BCUT2D eigenvalue weighted by atomic mass is 9.94. The normalized spacial score (nSPS) is 29.5. The maximum absolute atomic E-state index is 12.9. The highest BCUT2D eigenvalue weighted by atomic mass is 31.3. The van der Waals surface area contributed by atoms with Crippen LogP contribution in [0.2, 0.25) is 0 Å². The van der Waals surface area contributed by atoms with E-state index in [0.29, 0.717) is 25.1 Å². The van der Waals surface area contributed by atoms with Crippen molar-refractivity contribution in [1.82, 2.24) is 30.2 Å². The number of phosphoric acid groups is 1. The fraction of sp³-hybridized carbons (Fsp3) is 0.519. The van der Waals surface area contributed by atoms with Crippen molar-refractivity contribution in [3.8, 4) is 0 Å². The summed E-state index contributed by atoms with van der Waals surface area (Å²) < 4.78 is 55.9. The number of ether oxygens (including phenoxy) is 3. The van der Waals surface area contributed by atoms with Gasteiger partial charge in [0.05, 0.1) is 19.1 Å². The first-order valence-corrected chi connectivity index (χ1v) is 18.4. The Balaban J connectivity index is 1.18. The predicted octanol–water partition coefficient (Wildman–Crippen LogP) is 2.12. The summed E-state index contributed by atoms with van der Waals surface area (Å²) in [5.41, 5.74) is 1.25. The number of urea groups is 1. The Morgan fingerprint density at radius 3 is 2.62 bits per heavy atom. The first-order valence-electron chi connectivity index (χ1n) is 15.1. The maximum atomic E-state index is 12.9. The van der Waals surface area contributed by atoms with E-state index in [9.17, 15) is 33.6 Å². The molecule has 2 amide bonds. The zero-order chi connectivity index (χ0) is 34.1. The molecule has 1 aromatic carbocycles. The number of imidazole rings is 1. The second kappa shape index (κ2) is 14.2. The highest BCUT2D eigenvalue weighted by Gasteiger charge is 2.55. The Bertz CT molecular complexity index is 1730. The third kappa shape index (κ3) is 7.76. The minimum atomic E-state index is -5.13. The third-order valence-electron chi connectivity index (χ3n) is 8.05. The van der Waals surface area contributed by atoms with E-state index in [4.69, 9.17) is 23.0 Å². The van der Waals surface area contributed by atoms with Crippen LogP contribution in [0.25, 0.3) is 11.2 Å². The van der Waals surface area contributed by atoms with Gasteiger partial charge in [0.15, 0.2) is 29.5 Å². The summed E-state index contributed by atoms with van der Waals surface area (Å²) in [5, 5.41) is 17.3. The summed E-state index contributed by atoms with van der Waals surface area (Å²) in [5.74, 6) is -1.48. The number of piperidine rings is 1. The number of aromatic nitrogens is 4. The predicted molar refractivity (Wildman–Crippen MR) is 165 cm³/mol. The number of rotatable bonds is 12. The molecule has 0 saturated carbocycles. The molecule has 6 rings (SSSR count). The summed E-state index contributed by atoms with van der Waals surface area (Å²) in [6.07, 6.45) is -1.90. The van der Waals surface area contributed by atoms with Crippen LogP contribution in [-0.2, 0) is 37.0 Å². The lowest BCUT2D eigenvalue weighted by molar-refractivity contribution is -0.152. The first kappa shape index (κ1) is 34.5. The minimum absolute atomic E-state index is 0.0530. The highest BCUT2D eigenvalue weighted by Crippen LogP contribution is 2.61. The smallest absolute Gasteiger partial charge is 0.479 e. The molecular weight excluding hydrogens is 676 g/mol. The molecule has 0 aliphatic carbocycles. The molecule has 3 fully saturated rings. The molecule has 0 spiro atoms. The van der Waals surface area contributed by atoms with E-state index in [1.165, 1.54) is 12.7 Å². The number of fused-ring (bicyclic) bond motifs is 2. The number of anilines is 1. The van der Waals surface area contributed by atoms with Crippen molar-refractivity contribution in [2.24, 2.45) is 5.92 Å². The number of aliphatic carboxylic acids is 1. The van der Waals surface area contributed by atoms with Gasteiger partial charge in [0.2, 0.25) is 0 Å². The monoisotopic (exact) mass is 711 g/mol. The average molecular weight is 712 g/mol. The van der Waals surface area contributed by atoms with E-state index < -0.39 is 83.0 Å². The molecule has 19 nitrogen and oxygen atoms in total. The molecule has 48 heavy (non-hydrogen) atoms. The fourth-order valence-electron chi connectivity index (χ4n) is 5.96. The molecule has 3 aliphatic heterocycles. The molecule has 2 aromatic heterocycles. The van der Waals surface area contributed by atoms with Gasteiger partial charge in [-0.15, -0.1) is 0 Å². The van der Waals surface area contributed by atoms with E-state index in [0.717, 1.165) is 0 Å². The largest absolute Gasteiger partial charge is 0.480 e. The van der Waals surface area contributed by atoms with Gasteiger partial charge in [-0.3, -0.25) is 23.8 Å². The van der Waals surface area contributed by atoms with Crippen molar-refractivity contribution in [2.45, 2.75) is 56.6 Å². The number of phosphoric ester groups is 1. The van der Waals surface area contributed by atoms with Crippen molar-refractivity contribution in [2.75, 3.05) is 31.2 Å². The number of carbonyl (C=O) groups excluding carboxylic acids is 1. The SMILES string of the molecule is CCNC(=O)Nc1ncnc2c1ncn2[C@@H]1O[C@H](COP(=O)(O)OP(=O)(O)CC2CCNC(C(=O)O)C2)C2O[C@@H](c3ccccc3)O[C@@H]21. The number of carboxylic acid groups (broad SMARTS) is 1. The van der Waals surface area contributed by atoms with Gasteiger partial charge in [0.25, 0.3) is 0 Å². The molecule has 3 aromatic rings. The van der Waals surface area contributed by atoms with Crippen LogP contribution in [0.3, 0.4) is 0 Å². The quantitative estimate of drug-likeness (QED) is 0.147. The Morgan fingerprint density at radius 2 is 1.88 bits per heavy atom. The van der Waals surface area contributed by atoms with Crippen LogP contribution in [-0.4, -0.2) is 96.6 Å². The van der Waals surface area contributed by atoms with Crippen LogP contribution in [0, 0.1) is 5.92 Å². The van der Waals surface area contributed by atoms with Crippen molar-refractivity contribution in [3.05, 3.63) is 48.5 Å². The van der Waals surface area contributed by atoms with Crippen LogP contribution in [0.4, 0.5) is 10.6 Å². The van der Waals surface area contributed by atoms with Crippen LogP contribution in [0.15, 0.2) is 43.0 Å². The average Bonchev–Trinajstić information content (AvgIpc) is 3.75. The minimum Gasteiger partial charge on any atom is -0.480 e. The summed E-state index contributed by atoms with van der Waals surface area (Å²) in [6, 6.07) is 7.68. The highest BCUT2D eigenvalue weighted by molar-refractivity contribution is 7.64. The van der Waals surface area contributed by atoms with Crippen molar-refractivity contribution >= 4 is 44.4 Å². The summed E-state index contributed by atoms with van der Waals surface area (Å²) in [6.45, 7) is 1.86. The second-order valence-corrected chi connectivity index (χ2v) is 14.9. The molecule has 5 heterocycles. The lowest BCUT2D eigenvalue weighted by Crippen LogP contribution is -2.44. The number of carboxylic acids is 1. The van der Waals surface area contributed by atoms with E-state index >= 15 is 0 Å². The van der Waals surface area contributed by atoms with E-state index in [2.05, 4.69) is 30.9 Å². The Labute approximate surface area is 273 Å². The second-order valence-electron chi connectivity index (χ2n) is 11.4. The third-order valence-corrected chi connectivity index (χ3v) is 11.4. The van der Waals surface area contributed by atoms with Crippen molar-refractivity contribution in [1.29, 1.82) is 0 Å². The molecule has 0 radical (unpaired) electrons. The molecule has 21 heteroatoms. The van der Waals surface area contributed by atoms with Crippen LogP contribution < -0.4 is 16.0 Å². The van der Waals surface area contributed by atoms with E-state index in [1.807, 2.05) is 30.3 Å². The van der Waals surface area contributed by atoms with Gasteiger partial charge in [0.1, 0.15) is 30.7 Å². The molecule has 6 N–H and O–H groups in total. The Hall–Kier alpha value is -3.35. The Morgan fingerprint density at radius 1 is 1.10 bits per heavy atom. The zero-order valence-electron chi connectivity index (χ0n) is 25.5. The molecule has 3 saturated heterocycles. The fourth-order valence-corrected chi connectivity index (χ4v) is 9.03. The summed E-state index contributed by atoms with van der Waals surface area (Å²) in [7, 11) is -9.82. The number of nitrogens with one attached hydrogen (secondary N) is 3. The van der Waals surface area contributed by atoms with Crippen LogP contribution in [0.1, 0.15) is 37.8 Å². The molecule has 3 aliphatic rings. The number of hydrogen-bond donors (Lipinski definition) is 6. The molecule has 9 atom stereocenters. The van der Waals surface area contributed by atoms with Gasteiger partial charge in [0, 0.05) is 12.1 Å². The van der Waals surface area contributed by atoms with Gasteiger partial charge in [-0.1, -0.05) is 30.3 Å². The molecular formula is C27H35N7O12P2. The number of hydrogen-bond acceptors (Lipinski definition) is 13. The maximum Gasteiger partial charge on any atom is 0.479 e. The summed E-state index contributed by atoms with van der Waals surface area (Å²) in [4.78, 5) is 57.2. The lowest BCUT2D eigenvalue weighted by Gasteiger charge is -2.29. The number of benzene rings is 1. The number of amides is 2. The van der Waals surface area contributed by atoms with Crippen molar-refractivity contribution < 1.29 is 56.7 Å². The topological polar surface area (TPSA) is 255 Å². The molecule has 260 valence electrons. The summed E-state index contributed by atoms with van der Waals surface area (Å²) >= 11 is 0. The van der Waals surface area contributed by atoms with Crippen LogP contribution in [0.5, 0.6) is 0 Å². The van der Waals surface area contributed by atoms with Crippen LogP contribution >= 0.6 is 15.4 Å². The first-order chi connectivity index (χ1) is 22.9. The number of nitrogens with zero attached hydrogens (tertiary/aromatic N) is 4. The molecule has 0 bridgehead atoms. The van der Waals surface area contributed by atoms with Crippen molar-refractivity contribution in [3.63, 3.8) is 0 Å². The van der Waals surface area contributed by atoms with Gasteiger partial charge >= 0.3 is 27.4 Å². The Kier molecular flexibility index (Phi) is 10.2. The zero-order valence-corrected chi connectivity index (χ0v) is 27.3. The van der Waals surface area contributed by atoms with Gasteiger partial charge in [-0.25, -0.2) is 28.6 Å². The van der Waals surface area contributed by atoms with E-state index in [-0.39, 0.29) is 23.4 Å². The van der Waals surface area contributed by atoms with Gasteiger partial charge in [-0.05, 0) is 32.2 Å². The van der Waals surface area contributed by atoms with E-state index in [1.54, 1.807) is 11.5 Å².